The maximum Gasteiger partial charge on any atom is 0.232 e. The molecule has 0 radical (unpaired) electrons. The van der Waals surface area contributed by atoms with Crippen molar-refractivity contribution in [3.8, 4) is 0 Å². The van der Waals surface area contributed by atoms with Crippen molar-refractivity contribution in [3.63, 3.8) is 0 Å². The molecule has 2 aliphatic heterocycles. The van der Waals surface area contributed by atoms with Crippen LogP contribution in [0.4, 0.5) is 10.2 Å². The normalized spacial score (nSPS) is 18.4. The second-order valence-electron chi connectivity index (χ2n) is 7.63. The van der Waals surface area contributed by atoms with Crippen LogP contribution in [0, 0.1) is 12.7 Å². The summed E-state index contributed by atoms with van der Waals surface area (Å²) in [5.41, 5.74) is 2.19. The zero-order valence-corrected chi connectivity index (χ0v) is 16.8. The molecule has 1 unspecified atom stereocenters. The largest absolute Gasteiger partial charge is 0.332 e. The second kappa shape index (κ2) is 7.89. The van der Waals surface area contributed by atoms with Crippen molar-refractivity contribution in [2.45, 2.75) is 52.0 Å². The SMILES string of the molecule is CCC(=O)N1CCCC1c1nc(C)c2c(n1)N(CCc1ccccc1F)C(=O)C2. The Bertz CT molecular complexity index is 962. The number of fused-ring (bicyclic) bond motifs is 1. The van der Waals surface area contributed by atoms with Crippen molar-refractivity contribution in [3.05, 3.63) is 52.7 Å². The molecule has 152 valence electrons. The lowest BCUT2D eigenvalue weighted by atomic mass is 10.1. The molecule has 2 amide bonds. The summed E-state index contributed by atoms with van der Waals surface area (Å²) in [7, 11) is 0. The minimum atomic E-state index is -0.265. The van der Waals surface area contributed by atoms with Gasteiger partial charge < -0.3 is 4.90 Å². The van der Waals surface area contributed by atoms with Crippen LogP contribution in [-0.4, -0.2) is 39.8 Å². The summed E-state index contributed by atoms with van der Waals surface area (Å²) in [5.74, 6) is 1.01. The molecule has 1 saturated heterocycles. The second-order valence-corrected chi connectivity index (χ2v) is 7.63. The molecule has 3 heterocycles. The van der Waals surface area contributed by atoms with Crippen molar-refractivity contribution < 1.29 is 14.0 Å². The van der Waals surface area contributed by atoms with E-state index in [-0.39, 0.29) is 30.1 Å². The van der Waals surface area contributed by atoms with Gasteiger partial charge in [0, 0.05) is 30.8 Å². The summed E-state index contributed by atoms with van der Waals surface area (Å²) < 4.78 is 14.0. The number of anilines is 1. The topological polar surface area (TPSA) is 66.4 Å². The Labute approximate surface area is 169 Å². The van der Waals surface area contributed by atoms with Gasteiger partial charge in [-0.05, 0) is 37.8 Å². The third-order valence-corrected chi connectivity index (χ3v) is 5.83. The molecule has 6 nitrogen and oxygen atoms in total. The fourth-order valence-electron chi connectivity index (χ4n) is 4.25. The maximum atomic E-state index is 14.0. The first-order valence-corrected chi connectivity index (χ1v) is 10.2. The van der Waals surface area contributed by atoms with E-state index in [1.54, 1.807) is 23.1 Å². The maximum absolute atomic E-state index is 14.0. The molecular formula is C22H25FN4O2. The van der Waals surface area contributed by atoms with Gasteiger partial charge in [0.1, 0.15) is 11.6 Å². The zero-order valence-electron chi connectivity index (χ0n) is 16.8. The van der Waals surface area contributed by atoms with Gasteiger partial charge in [-0.1, -0.05) is 25.1 Å². The Morgan fingerprint density at radius 2 is 2.07 bits per heavy atom. The van der Waals surface area contributed by atoms with Crippen molar-refractivity contribution in [2.24, 2.45) is 0 Å². The van der Waals surface area contributed by atoms with Crippen LogP contribution in [0.25, 0.3) is 0 Å². The van der Waals surface area contributed by atoms with Crippen molar-refractivity contribution in [1.82, 2.24) is 14.9 Å². The number of aryl methyl sites for hydroxylation is 1. The lowest BCUT2D eigenvalue weighted by Gasteiger charge is -2.25. The van der Waals surface area contributed by atoms with Crippen LogP contribution in [-0.2, 0) is 22.4 Å². The number of hydrogen-bond acceptors (Lipinski definition) is 4. The van der Waals surface area contributed by atoms with Gasteiger partial charge in [-0.3, -0.25) is 14.5 Å². The molecular weight excluding hydrogens is 371 g/mol. The molecule has 7 heteroatoms. The number of nitrogens with zero attached hydrogens (tertiary/aromatic N) is 4. The van der Waals surface area contributed by atoms with Crippen LogP contribution in [0.3, 0.4) is 0 Å². The minimum Gasteiger partial charge on any atom is -0.332 e. The highest BCUT2D eigenvalue weighted by molar-refractivity contribution is 6.00. The number of likely N-dealkylation sites (tertiary alicyclic amines) is 1. The van der Waals surface area contributed by atoms with E-state index in [1.165, 1.54) is 6.07 Å². The minimum absolute atomic E-state index is 0.0428. The van der Waals surface area contributed by atoms with E-state index >= 15 is 0 Å². The van der Waals surface area contributed by atoms with E-state index in [0.717, 1.165) is 24.1 Å². The lowest BCUT2D eigenvalue weighted by molar-refractivity contribution is -0.131. The molecule has 0 spiro atoms. The van der Waals surface area contributed by atoms with Crippen LogP contribution >= 0.6 is 0 Å². The van der Waals surface area contributed by atoms with Crippen molar-refractivity contribution >= 4 is 17.6 Å². The standard InChI is InChI=1S/C22H25FN4O2/c1-3-19(28)26-11-6-9-18(26)21-24-14(2)16-13-20(29)27(22(16)25-21)12-10-15-7-4-5-8-17(15)23/h4-5,7-8,18H,3,6,9-13H2,1-2H3. The molecule has 2 aliphatic rings. The van der Waals surface area contributed by atoms with Gasteiger partial charge in [0.05, 0.1) is 12.5 Å². The zero-order chi connectivity index (χ0) is 20.5. The molecule has 0 N–H and O–H groups in total. The fourth-order valence-corrected chi connectivity index (χ4v) is 4.25. The van der Waals surface area contributed by atoms with E-state index < -0.39 is 0 Å². The molecule has 2 aromatic rings. The summed E-state index contributed by atoms with van der Waals surface area (Å²) in [4.78, 5) is 37.8. The summed E-state index contributed by atoms with van der Waals surface area (Å²) in [5, 5.41) is 0. The molecule has 4 rings (SSSR count). The highest BCUT2D eigenvalue weighted by atomic mass is 19.1. The molecule has 1 atom stereocenters. The monoisotopic (exact) mass is 396 g/mol. The average molecular weight is 396 g/mol. The Morgan fingerprint density at radius 3 is 2.83 bits per heavy atom. The van der Waals surface area contributed by atoms with Crippen molar-refractivity contribution in [1.29, 1.82) is 0 Å². The molecule has 1 fully saturated rings. The van der Waals surface area contributed by atoms with Gasteiger partial charge in [-0.15, -0.1) is 0 Å². The first-order valence-electron chi connectivity index (χ1n) is 10.2. The quantitative estimate of drug-likeness (QED) is 0.779. The van der Waals surface area contributed by atoms with Gasteiger partial charge in [-0.25, -0.2) is 14.4 Å². The number of halogens is 1. The van der Waals surface area contributed by atoms with E-state index in [0.29, 0.717) is 43.1 Å². The van der Waals surface area contributed by atoms with Crippen molar-refractivity contribution in [2.75, 3.05) is 18.0 Å². The van der Waals surface area contributed by atoms with Gasteiger partial charge in [0.15, 0.2) is 5.82 Å². The van der Waals surface area contributed by atoms with Crippen LogP contribution in [0.15, 0.2) is 24.3 Å². The van der Waals surface area contributed by atoms with Crippen LogP contribution < -0.4 is 4.90 Å². The molecule has 0 saturated carbocycles. The predicted molar refractivity (Wildman–Crippen MR) is 107 cm³/mol. The Balaban J connectivity index is 1.62. The first kappa shape index (κ1) is 19.5. The number of carbonyl (C=O) groups is 2. The molecule has 0 bridgehead atoms. The smallest absolute Gasteiger partial charge is 0.232 e. The highest BCUT2D eigenvalue weighted by Gasteiger charge is 2.35. The van der Waals surface area contributed by atoms with Gasteiger partial charge in [0.2, 0.25) is 11.8 Å². The Kier molecular flexibility index (Phi) is 5.30. The van der Waals surface area contributed by atoms with Gasteiger partial charge >= 0.3 is 0 Å². The van der Waals surface area contributed by atoms with Crippen LogP contribution in [0.5, 0.6) is 0 Å². The number of rotatable bonds is 5. The highest BCUT2D eigenvalue weighted by Crippen LogP contribution is 2.35. The third kappa shape index (κ3) is 3.61. The average Bonchev–Trinajstić information content (AvgIpc) is 3.32. The summed E-state index contributed by atoms with van der Waals surface area (Å²) in [6.45, 7) is 4.83. The molecule has 29 heavy (non-hydrogen) atoms. The number of carbonyl (C=O) groups excluding carboxylic acids is 2. The Morgan fingerprint density at radius 1 is 1.28 bits per heavy atom. The van der Waals surface area contributed by atoms with E-state index in [2.05, 4.69) is 4.98 Å². The molecule has 1 aromatic carbocycles. The van der Waals surface area contributed by atoms with Gasteiger partial charge in [-0.2, -0.15) is 0 Å². The number of hydrogen-bond donors (Lipinski definition) is 0. The fraction of sp³-hybridized carbons (Fsp3) is 0.455. The first-order chi connectivity index (χ1) is 14.0. The Hall–Kier alpha value is -2.83. The summed E-state index contributed by atoms with van der Waals surface area (Å²) >= 11 is 0. The number of aromatic nitrogens is 2. The molecule has 1 aromatic heterocycles. The predicted octanol–water partition coefficient (Wildman–Crippen LogP) is 3.13. The number of benzene rings is 1. The summed E-state index contributed by atoms with van der Waals surface area (Å²) in [6.07, 6.45) is 2.88. The van der Waals surface area contributed by atoms with Crippen LogP contribution in [0.1, 0.15) is 54.9 Å². The number of amides is 2. The summed E-state index contributed by atoms with van der Waals surface area (Å²) in [6, 6.07) is 6.47. The lowest BCUT2D eigenvalue weighted by Crippen LogP contribution is -2.32. The van der Waals surface area contributed by atoms with E-state index in [4.69, 9.17) is 4.98 Å². The third-order valence-electron chi connectivity index (χ3n) is 5.83. The van der Waals surface area contributed by atoms with Crippen LogP contribution in [0.2, 0.25) is 0 Å². The molecule has 0 aliphatic carbocycles. The van der Waals surface area contributed by atoms with E-state index in [1.807, 2.05) is 18.7 Å². The van der Waals surface area contributed by atoms with Gasteiger partial charge in [0.25, 0.3) is 0 Å². The van der Waals surface area contributed by atoms with E-state index in [9.17, 15) is 14.0 Å².